The lowest BCUT2D eigenvalue weighted by Crippen LogP contribution is -2.18. The van der Waals surface area contributed by atoms with Gasteiger partial charge in [-0.25, -0.2) is 14.2 Å². The van der Waals surface area contributed by atoms with Crippen LogP contribution in [0.4, 0.5) is 4.39 Å². The Kier molecular flexibility index (Phi) is 4.41. The highest BCUT2D eigenvalue weighted by Crippen LogP contribution is 2.36. The van der Waals surface area contributed by atoms with Crippen LogP contribution in [0.5, 0.6) is 0 Å². The average molecular weight is 403 g/mol. The smallest absolute Gasteiger partial charge is 0.350 e. The molecular formula is C19H12ClFN2O3S. The maximum absolute atomic E-state index is 13.3. The Morgan fingerprint density at radius 1 is 1.30 bits per heavy atom. The van der Waals surface area contributed by atoms with E-state index in [0.29, 0.717) is 21.4 Å². The molecule has 0 aliphatic heterocycles. The third-order valence-electron chi connectivity index (χ3n) is 4.06. The molecule has 5 nitrogen and oxygen atoms in total. The van der Waals surface area contributed by atoms with Crippen molar-refractivity contribution in [2.45, 2.75) is 13.5 Å². The third-order valence-corrected chi connectivity index (χ3v) is 5.70. The first-order valence-corrected chi connectivity index (χ1v) is 9.16. The number of ether oxygens (including phenoxy) is 1. The number of hydrogen-bond donors (Lipinski definition) is 0. The van der Waals surface area contributed by atoms with Crippen LogP contribution in [0.25, 0.3) is 15.7 Å². The normalized spacial score (nSPS) is 11.2. The molecule has 3 heterocycles. The highest BCUT2D eigenvalue weighted by Gasteiger charge is 2.19. The van der Waals surface area contributed by atoms with Crippen LogP contribution in [0.1, 0.15) is 21.1 Å². The zero-order valence-electron chi connectivity index (χ0n) is 14.0. The Labute approximate surface area is 161 Å². The van der Waals surface area contributed by atoms with Crippen molar-refractivity contribution in [2.75, 3.05) is 0 Å². The van der Waals surface area contributed by atoms with Crippen LogP contribution in [0.3, 0.4) is 0 Å². The minimum absolute atomic E-state index is 0.169. The lowest BCUT2D eigenvalue weighted by atomic mass is 10.2. The SMILES string of the molecule is Cc1cccc2nc(COC(=O)c3sc4cc(F)ccc4c3Cl)cc(=O)n12. The number of halogens is 2. The van der Waals surface area contributed by atoms with Crippen LogP contribution >= 0.6 is 22.9 Å². The Morgan fingerprint density at radius 3 is 2.93 bits per heavy atom. The third kappa shape index (κ3) is 3.20. The molecule has 0 unspecified atom stereocenters. The molecule has 136 valence electrons. The molecule has 4 aromatic rings. The minimum atomic E-state index is -0.646. The van der Waals surface area contributed by atoms with Gasteiger partial charge in [-0.2, -0.15) is 0 Å². The van der Waals surface area contributed by atoms with E-state index in [-0.39, 0.29) is 22.1 Å². The molecule has 27 heavy (non-hydrogen) atoms. The van der Waals surface area contributed by atoms with Crippen molar-refractivity contribution >= 4 is 44.6 Å². The van der Waals surface area contributed by atoms with Crippen molar-refractivity contribution in [1.29, 1.82) is 0 Å². The van der Waals surface area contributed by atoms with Gasteiger partial charge in [-0.15, -0.1) is 11.3 Å². The first-order valence-electron chi connectivity index (χ1n) is 7.97. The maximum atomic E-state index is 13.3. The molecule has 0 saturated carbocycles. The number of pyridine rings is 1. The van der Waals surface area contributed by atoms with Gasteiger partial charge in [0.25, 0.3) is 5.56 Å². The van der Waals surface area contributed by atoms with Gasteiger partial charge in [-0.1, -0.05) is 17.7 Å². The van der Waals surface area contributed by atoms with Gasteiger partial charge in [0.05, 0.1) is 10.7 Å². The number of esters is 1. The molecule has 4 rings (SSSR count). The number of aromatic nitrogens is 2. The largest absolute Gasteiger partial charge is 0.455 e. The van der Waals surface area contributed by atoms with Gasteiger partial charge in [-0.3, -0.25) is 9.20 Å². The van der Waals surface area contributed by atoms with E-state index in [1.165, 1.54) is 28.7 Å². The molecule has 0 N–H and O–H groups in total. The second-order valence-corrected chi connectivity index (χ2v) is 7.34. The summed E-state index contributed by atoms with van der Waals surface area (Å²) in [5.74, 6) is -1.05. The number of aryl methyl sites for hydroxylation is 1. The number of rotatable bonds is 3. The number of thiophene rings is 1. The molecule has 0 aliphatic rings. The molecule has 0 aliphatic carbocycles. The van der Waals surface area contributed by atoms with Crippen LogP contribution in [-0.4, -0.2) is 15.4 Å². The van der Waals surface area contributed by atoms with Crippen LogP contribution in [0.15, 0.2) is 47.3 Å². The summed E-state index contributed by atoms with van der Waals surface area (Å²) < 4.78 is 20.7. The van der Waals surface area contributed by atoms with E-state index in [4.69, 9.17) is 16.3 Å². The first kappa shape index (κ1) is 17.6. The molecule has 0 fully saturated rings. The van der Waals surface area contributed by atoms with E-state index < -0.39 is 11.8 Å². The Hall–Kier alpha value is -2.77. The number of carbonyl (C=O) groups excluding carboxylic acids is 1. The van der Waals surface area contributed by atoms with E-state index in [9.17, 15) is 14.0 Å². The summed E-state index contributed by atoms with van der Waals surface area (Å²) in [6, 6.07) is 10.8. The highest BCUT2D eigenvalue weighted by molar-refractivity contribution is 7.21. The van der Waals surface area contributed by atoms with Gasteiger partial charge in [0.1, 0.15) is 22.9 Å². The van der Waals surface area contributed by atoms with Gasteiger partial charge in [0.2, 0.25) is 0 Å². The van der Waals surface area contributed by atoms with E-state index in [0.717, 1.165) is 17.0 Å². The number of carbonyl (C=O) groups is 1. The predicted octanol–water partition coefficient (Wildman–Crippen LogP) is 4.37. The topological polar surface area (TPSA) is 60.7 Å². The van der Waals surface area contributed by atoms with E-state index >= 15 is 0 Å². The molecule has 0 saturated heterocycles. The molecule has 0 bridgehead atoms. The fourth-order valence-electron chi connectivity index (χ4n) is 2.81. The predicted molar refractivity (Wildman–Crippen MR) is 102 cm³/mol. The zero-order valence-corrected chi connectivity index (χ0v) is 15.6. The highest BCUT2D eigenvalue weighted by atomic mass is 35.5. The second-order valence-electron chi connectivity index (χ2n) is 5.91. The van der Waals surface area contributed by atoms with Gasteiger partial charge < -0.3 is 4.74 Å². The van der Waals surface area contributed by atoms with Gasteiger partial charge in [-0.05, 0) is 37.3 Å². The summed E-state index contributed by atoms with van der Waals surface area (Å²) in [4.78, 5) is 29.2. The maximum Gasteiger partial charge on any atom is 0.350 e. The molecule has 0 radical (unpaired) electrons. The minimum Gasteiger partial charge on any atom is -0.455 e. The van der Waals surface area contributed by atoms with Crippen molar-refractivity contribution < 1.29 is 13.9 Å². The van der Waals surface area contributed by atoms with E-state index in [1.807, 2.05) is 13.0 Å². The fourth-order valence-corrected chi connectivity index (χ4v) is 4.24. The lowest BCUT2D eigenvalue weighted by Gasteiger charge is -2.07. The van der Waals surface area contributed by atoms with E-state index in [2.05, 4.69) is 4.98 Å². The summed E-state index contributed by atoms with van der Waals surface area (Å²) in [6.45, 7) is 1.64. The van der Waals surface area contributed by atoms with Crippen molar-refractivity contribution in [3.8, 4) is 0 Å². The van der Waals surface area contributed by atoms with Crippen LogP contribution in [-0.2, 0) is 11.3 Å². The number of hydrogen-bond acceptors (Lipinski definition) is 5. The van der Waals surface area contributed by atoms with Gasteiger partial charge in [0, 0.05) is 21.8 Å². The number of benzene rings is 1. The summed E-state index contributed by atoms with van der Waals surface area (Å²) in [5.41, 5.74) is 1.32. The summed E-state index contributed by atoms with van der Waals surface area (Å²) in [6.07, 6.45) is 0. The Balaban J connectivity index is 1.60. The van der Waals surface area contributed by atoms with Crippen molar-refractivity contribution in [1.82, 2.24) is 9.38 Å². The van der Waals surface area contributed by atoms with Crippen LogP contribution in [0, 0.1) is 12.7 Å². The lowest BCUT2D eigenvalue weighted by molar-refractivity contribution is 0.0474. The summed E-state index contributed by atoms with van der Waals surface area (Å²) >= 11 is 7.28. The van der Waals surface area contributed by atoms with Gasteiger partial charge in [0.15, 0.2) is 0 Å². The number of fused-ring (bicyclic) bond motifs is 2. The Bertz CT molecular complexity index is 1270. The van der Waals surface area contributed by atoms with Crippen molar-refractivity contribution in [3.05, 3.63) is 79.9 Å². The molecule has 0 spiro atoms. The van der Waals surface area contributed by atoms with E-state index in [1.54, 1.807) is 12.1 Å². The number of nitrogens with zero attached hydrogens (tertiary/aromatic N) is 2. The Morgan fingerprint density at radius 2 is 2.11 bits per heavy atom. The summed E-state index contributed by atoms with van der Waals surface area (Å²) in [5, 5.41) is 0.815. The molecule has 3 aromatic heterocycles. The molecule has 1 aromatic carbocycles. The molecule has 0 amide bonds. The standard InChI is InChI=1S/C19H12ClFN2O3S/c1-10-3-2-4-15-22-12(8-16(24)23(10)15)9-26-19(25)18-17(20)13-6-5-11(21)7-14(13)27-18/h2-8H,9H2,1H3. The zero-order chi connectivity index (χ0) is 19.1. The van der Waals surface area contributed by atoms with Crippen LogP contribution in [0.2, 0.25) is 5.02 Å². The molecule has 0 atom stereocenters. The van der Waals surface area contributed by atoms with Crippen molar-refractivity contribution in [3.63, 3.8) is 0 Å². The van der Waals surface area contributed by atoms with Crippen LogP contribution < -0.4 is 5.56 Å². The van der Waals surface area contributed by atoms with Gasteiger partial charge >= 0.3 is 5.97 Å². The second kappa shape index (κ2) is 6.75. The average Bonchev–Trinajstić information content (AvgIpc) is 2.95. The summed E-state index contributed by atoms with van der Waals surface area (Å²) in [7, 11) is 0. The quantitative estimate of drug-likeness (QED) is 0.477. The molecular weight excluding hydrogens is 391 g/mol. The first-order chi connectivity index (χ1) is 12.9. The molecule has 8 heteroatoms. The van der Waals surface area contributed by atoms with Crippen molar-refractivity contribution in [2.24, 2.45) is 0 Å². The monoisotopic (exact) mass is 402 g/mol. The fraction of sp³-hybridized carbons (Fsp3) is 0.105.